The van der Waals surface area contributed by atoms with Crippen LogP contribution in [0.5, 0.6) is 5.75 Å². The highest BCUT2D eigenvalue weighted by molar-refractivity contribution is 7.89. The van der Waals surface area contributed by atoms with Crippen LogP contribution in [0.3, 0.4) is 0 Å². The predicted octanol–water partition coefficient (Wildman–Crippen LogP) is 5.02. The number of aromatic hydroxyl groups is 1. The lowest BCUT2D eigenvalue weighted by molar-refractivity contribution is -0.120. The minimum absolute atomic E-state index is 0.0223. The zero-order valence-electron chi connectivity index (χ0n) is 19.1. The van der Waals surface area contributed by atoms with E-state index in [1.165, 1.54) is 21.7 Å². The Kier molecular flexibility index (Phi) is 6.31. The molecule has 1 aliphatic heterocycles. The van der Waals surface area contributed by atoms with E-state index in [-0.39, 0.29) is 23.1 Å². The topological polar surface area (TPSA) is 99.6 Å². The van der Waals surface area contributed by atoms with Gasteiger partial charge in [-0.05, 0) is 56.2 Å². The van der Waals surface area contributed by atoms with Crippen molar-refractivity contribution >= 4 is 43.2 Å². The van der Waals surface area contributed by atoms with Crippen LogP contribution < -0.4 is 5.32 Å². The van der Waals surface area contributed by atoms with Crippen molar-refractivity contribution in [1.29, 1.82) is 0 Å². The number of aryl methyl sites for hydroxylation is 1. The molecule has 7 nitrogen and oxygen atoms in total. The Labute approximate surface area is 208 Å². The van der Waals surface area contributed by atoms with Crippen LogP contribution in [0.15, 0.2) is 71.6 Å². The lowest BCUT2D eigenvalue weighted by Gasteiger charge is -2.31. The summed E-state index contributed by atoms with van der Waals surface area (Å²) >= 11 is 1.49. The molecule has 1 fully saturated rings. The van der Waals surface area contributed by atoms with Gasteiger partial charge in [0, 0.05) is 24.8 Å². The molecule has 1 aliphatic rings. The summed E-state index contributed by atoms with van der Waals surface area (Å²) in [4.78, 5) is 17.8. The average Bonchev–Trinajstić information content (AvgIpc) is 3.28. The maximum atomic E-state index is 13.1. The fraction of sp³-hybridized carbons (Fsp3) is 0.231. The van der Waals surface area contributed by atoms with E-state index in [4.69, 9.17) is 0 Å². The Bertz CT molecular complexity index is 1460. The van der Waals surface area contributed by atoms with Gasteiger partial charge in [-0.1, -0.05) is 29.8 Å². The molecule has 9 heteroatoms. The second kappa shape index (κ2) is 9.41. The lowest BCUT2D eigenvalue weighted by Crippen LogP contribution is -2.43. The van der Waals surface area contributed by atoms with Gasteiger partial charge in [-0.2, -0.15) is 4.31 Å². The molecule has 0 spiro atoms. The fourth-order valence-corrected chi connectivity index (χ4v) is 6.78. The molecule has 3 aromatic carbocycles. The van der Waals surface area contributed by atoms with Gasteiger partial charge < -0.3 is 10.4 Å². The average molecular weight is 508 g/mol. The van der Waals surface area contributed by atoms with Gasteiger partial charge in [-0.15, -0.1) is 11.3 Å². The van der Waals surface area contributed by atoms with Gasteiger partial charge in [-0.3, -0.25) is 4.79 Å². The van der Waals surface area contributed by atoms with Crippen LogP contribution >= 0.6 is 11.3 Å². The minimum atomic E-state index is -3.66. The SMILES string of the molecule is Cc1ccc(S(=O)(=O)N2CCCC(C(=O)Nc3ccc(-c4nc5ccccc5s4)c(O)c3)C2)cc1. The molecule has 0 bridgehead atoms. The number of nitrogens with one attached hydrogen (secondary N) is 1. The molecule has 5 rings (SSSR count). The first kappa shape index (κ1) is 23.5. The summed E-state index contributed by atoms with van der Waals surface area (Å²) in [5, 5.41) is 14.2. The van der Waals surface area contributed by atoms with E-state index in [0.29, 0.717) is 35.6 Å². The molecule has 4 aromatic rings. The highest BCUT2D eigenvalue weighted by Gasteiger charge is 2.33. The monoisotopic (exact) mass is 507 g/mol. The zero-order chi connectivity index (χ0) is 24.6. The quantitative estimate of drug-likeness (QED) is 0.395. The lowest BCUT2D eigenvalue weighted by atomic mass is 9.98. The Morgan fingerprint density at radius 2 is 1.89 bits per heavy atom. The van der Waals surface area contributed by atoms with E-state index in [1.54, 1.807) is 36.4 Å². The third-order valence-electron chi connectivity index (χ3n) is 6.20. The normalized spacial score (nSPS) is 16.9. The van der Waals surface area contributed by atoms with E-state index < -0.39 is 15.9 Å². The summed E-state index contributed by atoms with van der Waals surface area (Å²) in [6.45, 7) is 2.41. The van der Waals surface area contributed by atoms with Crippen LogP contribution in [-0.2, 0) is 14.8 Å². The van der Waals surface area contributed by atoms with Gasteiger partial charge in [0.2, 0.25) is 15.9 Å². The van der Waals surface area contributed by atoms with E-state index in [2.05, 4.69) is 10.3 Å². The predicted molar refractivity (Wildman–Crippen MR) is 138 cm³/mol. The van der Waals surface area contributed by atoms with Crippen molar-refractivity contribution in [1.82, 2.24) is 9.29 Å². The van der Waals surface area contributed by atoms with Crippen molar-refractivity contribution in [2.75, 3.05) is 18.4 Å². The maximum Gasteiger partial charge on any atom is 0.243 e. The largest absolute Gasteiger partial charge is 0.507 e. The van der Waals surface area contributed by atoms with Gasteiger partial charge in [0.05, 0.1) is 26.6 Å². The summed E-state index contributed by atoms with van der Waals surface area (Å²) in [6.07, 6.45) is 1.20. The molecule has 1 unspecified atom stereocenters. The Hall–Kier alpha value is -3.27. The molecule has 0 aliphatic carbocycles. The number of piperidine rings is 1. The van der Waals surface area contributed by atoms with Gasteiger partial charge in [-0.25, -0.2) is 13.4 Å². The van der Waals surface area contributed by atoms with Gasteiger partial charge in [0.1, 0.15) is 10.8 Å². The molecule has 1 amide bonds. The number of carbonyl (C=O) groups excluding carboxylic acids is 1. The van der Waals surface area contributed by atoms with Gasteiger partial charge in [0.15, 0.2) is 0 Å². The number of sulfonamides is 1. The second-order valence-electron chi connectivity index (χ2n) is 8.72. The summed E-state index contributed by atoms with van der Waals surface area (Å²) in [6, 6.07) is 19.5. The van der Waals surface area contributed by atoms with E-state index in [0.717, 1.165) is 15.8 Å². The third kappa shape index (κ3) is 4.80. The minimum Gasteiger partial charge on any atom is -0.507 e. The molecule has 2 N–H and O–H groups in total. The van der Waals surface area contributed by atoms with E-state index in [9.17, 15) is 18.3 Å². The first-order valence-electron chi connectivity index (χ1n) is 11.4. The number of fused-ring (bicyclic) bond motifs is 1. The van der Waals surface area contributed by atoms with Crippen molar-refractivity contribution in [2.45, 2.75) is 24.7 Å². The number of rotatable bonds is 5. The smallest absolute Gasteiger partial charge is 0.243 e. The van der Waals surface area contributed by atoms with Crippen LogP contribution in [0.1, 0.15) is 18.4 Å². The summed E-state index contributed by atoms with van der Waals surface area (Å²) in [7, 11) is -3.66. The Morgan fingerprint density at radius 3 is 2.63 bits per heavy atom. The number of carbonyl (C=O) groups is 1. The number of amides is 1. The molecule has 180 valence electrons. The highest BCUT2D eigenvalue weighted by atomic mass is 32.2. The van der Waals surface area contributed by atoms with E-state index in [1.807, 2.05) is 31.2 Å². The first-order chi connectivity index (χ1) is 16.8. The third-order valence-corrected chi connectivity index (χ3v) is 9.15. The summed E-state index contributed by atoms with van der Waals surface area (Å²) in [5.41, 5.74) is 2.90. The van der Waals surface area contributed by atoms with E-state index >= 15 is 0 Å². The second-order valence-corrected chi connectivity index (χ2v) is 11.7. The number of hydrogen-bond acceptors (Lipinski definition) is 6. The number of thiazole rings is 1. The molecule has 1 aromatic heterocycles. The fourth-order valence-electron chi connectivity index (χ4n) is 4.26. The maximum absolute atomic E-state index is 13.1. The number of hydrogen-bond donors (Lipinski definition) is 2. The summed E-state index contributed by atoms with van der Waals surface area (Å²) < 4.78 is 28.5. The number of aromatic nitrogens is 1. The number of nitrogens with zero attached hydrogens (tertiary/aromatic N) is 2. The molecule has 1 saturated heterocycles. The number of benzene rings is 3. The van der Waals surface area contributed by atoms with Crippen molar-refractivity contribution in [3.63, 3.8) is 0 Å². The van der Waals surface area contributed by atoms with Crippen LogP contribution in [0, 0.1) is 12.8 Å². The molecular weight excluding hydrogens is 482 g/mol. The van der Waals surface area contributed by atoms with Crippen LogP contribution in [0.25, 0.3) is 20.8 Å². The number of para-hydroxylation sites is 1. The standard InChI is InChI=1S/C26H25N3O4S2/c1-17-8-11-20(12-9-17)35(32,33)29-14-4-5-18(16-29)25(31)27-19-10-13-21(23(30)15-19)26-28-22-6-2-3-7-24(22)34-26/h2-3,6-13,15,18,30H,4-5,14,16H2,1H3,(H,27,31). The van der Waals surface area contributed by atoms with Crippen LogP contribution in [0.2, 0.25) is 0 Å². The number of phenolic OH excluding ortho intramolecular Hbond substituents is 1. The molecular formula is C26H25N3O4S2. The van der Waals surface area contributed by atoms with Crippen LogP contribution in [0.4, 0.5) is 5.69 Å². The van der Waals surface area contributed by atoms with Crippen molar-refractivity contribution < 1.29 is 18.3 Å². The zero-order valence-corrected chi connectivity index (χ0v) is 20.8. The number of phenols is 1. The van der Waals surface area contributed by atoms with Crippen molar-refractivity contribution in [3.05, 3.63) is 72.3 Å². The Balaban J connectivity index is 1.29. The highest BCUT2D eigenvalue weighted by Crippen LogP contribution is 2.36. The van der Waals surface area contributed by atoms with Crippen LogP contribution in [-0.4, -0.2) is 41.8 Å². The molecule has 1 atom stereocenters. The van der Waals surface area contributed by atoms with Crippen molar-refractivity contribution in [3.8, 4) is 16.3 Å². The van der Waals surface area contributed by atoms with Gasteiger partial charge >= 0.3 is 0 Å². The van der Waals surface area contributed by atoms with Crippen molar-refractivity contribution in [2.24, 2.45) is 5.92 Å². The van der Waals surface area contributed by atoms with Gasteiger partial charge in [0.25, 0.3) is 0 Å². The molecule has 0 radical (unpaired) electrons. The summed E-state index contributed by atoms with van der Waals surface area (Å²) in [5.74, 6) is -0.718. The Morgan fingerprint density at radius 1 is 1.11 bits per heavy atom. The molecule has 0 saturated carbocycles. The molecule has 2 heterocycles. The number of anilines is 1. The first-order valence-corrected chi connectivity index (χ1v) is 13.6. The molecule has 35 heavy (non-hydrogen) atoms.